The summed E-state index contributed by atoms with van der Waals surface area (Å²) in [5, 5.41) is 10.8. The summed E-state index contributed by atoms with van der Waals surface area (Å²) in [6.45, 7) is 3.83. The minimum absolute atomic E-state index is 0.0931. The van der Waals surface area contributed by atoms with Crippen LogP contribution in [0.2, 0.25) is 0 Å². The van der Waals surface area contributed by atoms with Crippen LogP contribution < -0.4 is 10.1 Å². The Bertz CT molecular complexity index is 1250. The first-order chi connectivity index (χ1) is 14.6. The lowest BCUT2D eigenvalue weighted by Crippen LogP contribution is -2.02. The summed E-state index contributed by atoms with van der Waals surface area (Å²) in [7, 11) is 0. The second kappa shape index (κ2) is 7.29. The van der Waals surface area contributed by atoms with Gasteiger partial charge in [0.1, 0.15) is 5.82 Å². The molecule has 0 spiro atoms. The first kappa shape index (κ1) is 18.4. The number of benzene rings is 1. The van der Waals surface area contributed by atoms with Crippen LogP contribution in [0.15, 0.2) is 36.4 Å². The first-order valence-corrected chi connectivity index (χ1v) is 9.89. The van der Waals surface area contributed by atoms with Crippen molar-refractivity contribution < 1.29 is 9.13 Å². The molecular weight excluding hydrogens is 383 g/mol. The maximum atomic E-state index is 14.9. The summed E-state index contributed by atoms with van der Waals surface area (Å²) < 4.78 is 20.7. The Balaban J connectivity index is 1.46. The molecule has 1 fully saturated rings. The molecule has 5 rings (SSSR count). The molecule has 1 saturated carbocycles. The highest BCUT2D eigenvalue weighted by molar-refractivity contribution is 5.82. The van der Waals surface area contributed by atoms with Crippen LogP contribution in [0.5, 0.6) is 11.8 Å². The number of fused-ring (bicyclic) bond motifs is 1. The van der Waals surface area contributed by atoms with Gasteiger partial charge in [-0.1, -0.05) is 6.08 Å². The summed E-state index contributed by atoms with van der Waals surface area (Å²) in [4.78, 5) is 12.0. The molecule has 0 aliphatic heterocycles. The van der Waals surface area contributed by atoms with Gasteiger partial charge in [0.15, 0.2) is 17.4 Å². The molecule has 0 amide bonds. The van der Waals surface area contributed by atoms with Crippen molar-refractivity contribution in [3.05, 3.63) is 59.3 Å². The third-order valence-electron chi connectivity index (χ3n) is 4.96. The number of aromatic amines is 2. The van der Waals surface area contributed by atoms with Gasteiger partial charge in [-0.3, -0.25) is 5.10 Å². The molecule has 1 aromatic carbocycles. The number of ether oxygens (including phenoxy) is 1. The zero-order chi connectivity index (χ0) is 20.7. The van der Waals surface area contributed by atoms with Crippen molar-refractivity contribution in [3.63, 3.8) is 0 Å². The summed E-state index contributed by atoms with van der Waals surface area (Å²) in [5.74, 6) is 1.23. The van der Waals surface area contributed by atoms with E-state index in [4.69, 9.17) is 4.74 Å². The van der Waals surface area contributed by atoms with Crippen molar-refractivity contribution in [1.82, 2.24) is 25.1 Å². The molecule has 0 bridgehead atoms. The number of nitrogens with zero attached hydrogens (tertiary/aromatic N) is 3. The minimum Gasteiger partial charge on any atom is -0.421 e. The van der Waals surface area contributed by atoms with Crippen molar-refractivity contribution in [2.45, 2.75) is 32.6 Å². The van der Waals surface area contributed by atoms with Crippen LogP contribution in [0.1, 0.15) is 42.8 Å². The number of halogens is 1. The van der Waals surface area contributed by atoms with E-state index in [-0.39, 0.29) is 11.8 Å². The molecular formula is C22H21FN6O. The van der Waals surface area contributed by atoms with Crippen LogP contribution in [0.4, 0.5) is 16.0 Å². The Morgan fingerprint density at radius 3 is 2.83 bits per heavy atom. The fourth-order valence-corrected chi connectivity index (χ4v) is 3.40. The number of allylic oxidation sites excluding steroid dienone is 1. The van der Waals surface area contributed by atoms with E-state index in [0.29, 0.717) is 22.9 Å². The van der Waals surface area contributed by atoms with Crippen molar-refractivity contribution in [2.24, 2.45) is 0 Å². The lowest BCUT2D eigenvalue weighted by atomic mass is 10.2. The molecule has 3 N–H and O–H groups in total. The number of nitrogens with one attached hydrogen (secondary N) is 3. The lowest BCUT2D eigenvalue weighted by Gasteiger charge is -2.10. The standard InChI is InChI=1S/C22H21FN6O/c1-3-4-14-10-20(29-28-14)26-19-11-17(13-5-6-13)25-22(27-19)30-18-8-7-16-15(21(18)23)9-12(2)24-16/h3-4,7-11,13,24H,5-6H2,1-2H3,(H2,25,26,27,28,29)/b4-3+. The average molecular weight is 404 g/mol. The number of H-pyrrole nitrogens is 2. The molecule has 3 aromatic heterocycles. The lowest BCUT2D eigenvalue weighted by molar-refractivity contribution is 0.412. The van der Waals surface area contributed by atoms with Gasteiger partial charge in [0.25, 0.3) is 0 Å². The molecule has 30 heavy (non-hydrogen) atoms. The van der Waals surface area contributed by atoms with Crippen LogP contribution >= 0.6 is 0 Å². The highest BCUT2D eigenvalue weighted by Crippen LogP contribution is 2.40. The fraction of sp³-hybridized carbons (Fsp3) is 0.227. The van der Waals surface area contributed by atoms with Gasteiger partial charge in [-0.25, -0.2) is 4.39 Å². The second-order valence-corrected chi connectivity index (χ2v) is 7.46. The maximum absolute atomic E-state index is 14.9. The van der Waals surface area contributed by atoms with Crippen molar-refractivity contribution >= 4 is 28.6 Å². The van der Waals surface area contributed by atoms with E-state index < -0.39 is 5.82 Å². The molecule has 0 radical (unpaired) electrons. The van der Waals surface area contributed by atoms with Crippen molar-refractivity contribution in [1.29, 1.82) is 0 Å². The fourth-order valence-electron chi connectivity index (χ4n) is 3.40. The highest BCUT2D eigenvalue weighted by atomic mass is 19.1. The minimum atomic E-state index is -0.435. The number of anilines is 2. The Hall–Kier alpha value is -3.68. The van der Waals surface area contributed by atoms with E-state index in [2.05, 4.69) is 30.5 Å². The zero-order valence-corrected chi connectivity index (χ0v) is 16.7. The zero-order valence-electron chi connectivity index (χ0n) is 16.7. The molecule has 1 aliphatic rings. The van der Waals surface area contributed by atoms with Crippen LogP contribution in [-0.2, 0) is 0 Å². The molecule has 152 valence electrons. The van der Waals surface area contributed by atoms with Crippen LogP contribution in [0.3, 0.4) is 0 Å². The molecule has 3 heterocycles. The summed E-state index contributed by atoms with van der Waals surface area (Å²) in [6, 6.07) is 9.01. The molecule has 0 saturated heterocycles. The smallest absolute Gasteiger partial charge is 0.324 e. The number of hydrogen-bond acceptors (Lipinski definition) is 5. The van der Waals surface area contributed by atoms with E-state index >= 15 is 0 Å². The van der Waals surface area contributed by atoms with Gasteiger partial charge < -0.3 is 15.0 Å². The van der Waals surface area contributed by atoms with E-state index in [1.165, 1.54) is 0 Å². The van der Waals surface area contributed by atoms with Gasteiger partial charge in [0.05, 0.1) is 11.4 Å². The molecule has 8 heteroatoms. The van der Waals surface area contributed by atoms with Gasteiger partial charge in [-0.15, -0.1) is 0 Å². The first-order valence-electron chi connectivity index (χ1n) is 9.89. The summed E-state index contributed by atoms with van der Waals surface area (Å²) >= 11 is 0. The van der Waals surface area contributed by atoms with Crippen molar-refractivity contribution in [3.8, 4) is 11.8 Å². The van der Waals surface area contributed by atoms with Crippen LogP contribution in [0, 0.1) is 12.7 Å². The molecule has 0 unspecified atom stereocenters. The van der Waals surface area contributed by atoms with Gasteiger partial charge in [0, 0.05) is 34.6 Å². The van der Waals surface area contributed by atoms with Gasteiger partial charge >= 0.3 is 6.01 Å². The van der Waals surface area contributed by atoms with Crippen LogP contribution in [-0.4, -0.2) is 25.1 Å². The molecule has 7 nitrogen and oxygen atoms in total. The Morgan fingerprint density at radius 2 is 2.03 bits per heavy atom. The average Bonchev–Trinajstić information content (AvgIpc) is 3.37. The quantitative estimate of drug-likeness (QED) is 0.390. The summed E-state index contributed by atoms with van der Waals surface area (Å²) in [6.07, 6.45) is 6.00. The number of aromatic nitrogens is 5. The monoisotopic (exact) mass is 404 g/mol. The van der Waals surface area contributed by atoms with Crippen molar-refractivity contribution in [2.75, 3.05) is 5.32 Å². The predicted octanol–water partition coefficient (Wildman–Crippen LogP) is 5.57. The normalized spacial score (nSPS) is 14.0. The predicted molar refractivity (Wildman–Crippen MR) is 114 cm³/mol. The molecule has 1 aliphatic carbocycles. The van der Waals surface area contributed by atoms with E-state index in [1.54, 1.807) is 18.2 Å². The topological polar surface area (TPSA) is 91.5 Å². The third kappa shape index (κ3) is 3.63. The highest BCUT2D eigenvalue weighted by Gasteiger charge is 2.27. The second-order valence-electron chi connectivity index (χ2n) is 7.46. The van der Waals surface area contributed by atoms with E-state index in [0.717, 1.165) is 35.4 Å². The van der Waals surface area contributed by atoms with Crippen LogP contribution in [0.25, 0.3) is 17.0 Å². The van der Waals surface area contributed by atoms with Gasteiger partial charge in [0.2, 0.25) is 0 Å². The van der Waals surface area contributed by atoms with Gasteiger partial charge in [-0.2, -0.15) is 15.1 Å². The number of rotatable bonds is 6. The Labute approximate surface area is 172 Å². The number of aryl methyl sites for hydroxylation is 1. The third-order valence-corrected chi connectivity index (χ3v) is 4.96. The Kier molecular flexibility index (Phi) is 4.46. The Morgan fingerprint density at radius 1 is 1.17 bits per heavy atom. The largest absolute Gasteiger partial charge is 0.421 e. The SMILES string of the molecule is C/C=C/c1cc(Nc2cc(C3CC3)nc(Oc3ccc4[nH]c(C)cc4c3F)n2)n[nH]1. The molecule has 0 atom stereocenters. The maximum Gasteiger partial charge on any atom is 0.324 e. The van der Waals surface area contributed by atoms with E-state index in [1.807, 2.05) is 38.1 Å². The van der Waals surface area contributed by atoms with Gasteiger partial charge in [-0.05, 0) is 51.0 Å². The summed E-state index contributed by atoms with van der Waals surface area (Å²) in [5.41, 5.74) is 3.37. The molecule has 4 aromatic rings. The number of hydrogen-bond donors (Lipinski definition) is 3. The van der Waals surface area contributed by atoms with E-state index in [9.17, 15) is 4.39 Å².